The van der Waals surface area contributed by atoms with Crippen molar-refractivity contribution in [1.82, 2.24) is 0 Å². The van der Waals surface area contributed by atoms with E-state index in [4.69, 9.17) is 0 Å². The summed E-state index contributed by atoms with van der Waals surface area (Å²) in [5.41, 5.74) is 2.32. The van der Waals surface area contributed by atoms with Crippen molar-refractivity contribution in [3.8, 4) is 0 Å². The molecule has 0 aromatic heterocycles. The van der Waals surface area contributed by atoms with Gasteiger partial charge < -0.3 is 0 Å². The highest BCUT2D eigenvalue weighted by Gasteiger charge is 2.24. The molecule has 0 radical (unpaired) electrons. The van der Waals surface area contributed by atoms with Crippen molar-refractivity contribution in [2.24, 2.45) is 0 Å². The van der Waals surface area contributed by atoms with E-state index in [0.717, 1.165) is 17.7 Å². The molecular weight excluding hydrogens is 328 g/mol. The first kappa shape index (κ1) is 18.8. The molecule has 1 unspecified atom stereocenters. The van der Waals surface area contributed by atoms with Crippen molar-refractivity contribution in [3.63, 3.8) is 0 Å². The fourth-order valence-corrected chi connectivity index (χ4v) is 5.04. The minimum absolute atomic E-state index is 0.0275. The summed E-state index contributed by atoms with van der Waals surface area (Å²) in [6.07, 6.45) is 11.6. The fraction of sp³-hybridized carbons (Fsp3) is 0.667. The molecule has 0 fully saturated rings. The third-order valence-corrected chi connectivity index (χ3v) is 6.74. The molecule has 3 nitrogen and oxygen atoms in total. The number of unbranched alkanes of at least 4 members (excludes halogenated alkanes) is 7. The highest BCUT2D eigenvalue weighted by Crippen LogP contribution is 2.45. The maximum absolute atomic E-state index is 11.3. The zero-order valence-electron chi connectivity index (χ0n) is 14.0. The van der Waals surface area contributed by atoms with Gasteiger partial charge in [0.15, 0.2) is 0 Å². The van der Waals surface area contributed by atoms with Gasteiger partial charge in [0.2, 0.25) is 0 Å². The Morgan fingerprint density at radius 1 is 1.09 bits per heavy atom. The van der Waals surface area contributed by atoms with Crippen LogP contribution in [0.3, 0.4) is 0 Å². The fourth-order valence-electron chi connectivity index (χ4n) is 3.15. The first-order chi connectivity index (χ1) is 11.0. The number of fused-ring (bicyclic) bond motifs is 1. The summed E-state index contributed by atoms with van der Waals surface area (Å²) in [7, 11) is -4.10. The maximum atomic E-state index is 11.3. The van der Waals surface area contributed by atoms with Gasteiger partial charge in [-0.25, -0.2) is 0 Å². The molecule has 1 aliphatic rings. The van der Waals surface area contributed by atoms with Crippen molar-refractivity contribution in [1.29, 1.82) is 0 Å². The van der Waals surface area contributed by atoms with E-state index in [2.05, 4.69) is 6.92 Å². The van der Waals surface area contributed by atoms with Crippen LogP contribution in [-0.2, 0) is 15.9 Å². The van der Waals surface area contributed by atoms with Crippen molar-refractivity contribution in [2.75, 3.05) is 0 Å². The smallest absolute Gasteiger partial charge is 0.282 e. The molecule has 1 heterocycles. The van der Waals surface area contributed by atoms with Gasteiger partial charge in [-0.1, -0.05) is 64.4 Å². The van der Waals surface area contributed by atoms with Crippen LogP contribution in [0.5, 0.6) is 0 Å². The summed E-state index contributed by atoms with van der Waals surface area (Å²) >= 11 is 1.89. The normalized spacial score (nSPS) is 17.4. The topological polar surface area (TPSA) is 54.4 Å². The van der Waals surface area contributed by atoms with Crippen LogP contribution in [0, 0.1) is 0 Å². The van der Waals surface area contributed by atoms with Gasteiger partial charge in [0, 0.05) is 11.0 Å². The molecule has 2 rings (SSSR count). The zero-order chi connectivity index (χ0) is 16.7. The molecule has 5 heteroatoms. The molecule has 1 N–H and O–H groups in total. The molecule has 1 atom stereocenters. The van der Waals surface area contributed by atoms with Gasteiger partial charge in [-0.3, -0.25) is 4.55 Å². The van der Waals surface area contributed by atoms with Gasteiger partial charge in [0.25, 0.3) is 10.1 Å². The lowest BCUT2D eigenvalue weighted by Crippen LogP contribution is -2.00. The summed E-state index contributed by atoms with van der Waals surface area (Å²) in [6.45, 7) is 2.24. The molecule has 0 saturated carbocycles. The van der Waals surface area contributed by atoms with E-state index in [1.165, 1.54) is 63.0 Å². The lowest BCUT2D eigenvalue weighted by Gasteiger charge is -2.11. The summed E-state index contributed by atoms with van der Waals surface area (Å²) in [5.74, 6) is 0.947. The molecule has 0 spiro atoms. The minimum atomic E-state index is -4.10. The van der Waals surface area contributed by atoms with Crippen LogP contribution >= 0.6 is 11.8 Å². The van der Waals surface area contributed by atoms with Gasteiger partial charge >= 0.3 is 0 Å². The zero-order valence-corrected chi connectivity index (χ0v) is 15.6. The van der Waals surface area contributed by atoms with Crippen molar-refractivity contribution >= 4 is 21.9 Å². The second kappa shape index (κ2) is 9.09. The Hall–Kier alpha value is -0.520. The maximum Gasteiger partial charge on any atom is 0.294 e. The van der Waals surface area contributed by atoms with E-state index in [9.17, 15) is 13.0 Å². The van der Waals surface area contributed by atoms with E-state index in [-0.39, 0.29) is 4.90 Å². The van der Waals surface area contributed by atoms with Gasteiger partial charge in [0.1, 0.15) is 0 Å². The van der Waals surface area contributed by atoms with E-state index in [0.29, 0.717) is 5.25 Å². The van der Waals surface area contributed by atoms with Crippen LogP contribution in [0.25, 0.3) is 0 Å². The molecule has 1 aliphatic heterocycles. The second-order valence-electron chi connectivity index (χ2n) is 6.40. The second-order valence-corrected chi connectivity index (χ2v) is 9.01. The number of hydrogen-bond donors (Lipinski definition) is 1. The standard InChI is InChI=1S/C18H28O3S2/c1-2-3-4-5-6-7-8-9-10-18-17-13-16(23(19,20)21)12-11-15(17)14-22-18/h11-13,18H,2-10,14H2,1H3,(H,19,20,21). The summed E-state index contributed by atoms with van der Waals surface area (Å²) in [5, 5.41) is 0.381. The lowest BCUT2D eigenvalue weighted by molar-refractivity contribution is 0.483. The first-order valence-corrected chi connectivity index (χ1v) is 11.2. The lowest BCUT2D eigenvalue weighted by atomic mass is 10.0. The highest BCUT2D eigenvalue weighted by atomic mass is 32.2. The Kier molecular flexibility index (Phi) is 7.44. The Morgan fingerprint density at radius 2 is 1.74 bits per heavy atom. The Balaban J connectivity index is 1.77. The number of benzene rings is 1. The third-order valence-electron chi connectivity index (χ3n) is 4.52. The van der Waals surface area contributed by atoms with Crippen molar-refractivity contribution in [3.05, 3.63) is 29.3 Å². The van der Waals surface area contributed by atoms with Crippen molar-refractivity contribution < 1.29 is 13.0 Å². The van der Waals surface area contributed by atoms with Crippen LogP contribution in [0.1, 0.15) is 81.1 Å². The molecule has 0 saturated heterocycles. The minimum Gasteiger partial charge on any atom is -0.282 e. The van der Waals surface area contributed by atoms with E-state index < -0.39 is 10.1 Å². The van der Waals surface area contributed by atoms with Gasteiger partial charge in [-0.05, 0) is 29.7 Å². The molecule has 1 aromatic rings. The average Bonchev–Trinajstić information content (AvgIpc) is 2.91. The molecule has 0 aliphatic carbocycles. The average molecular weight is 357 g/mol. The summed E-state index contributed by atoms with van der Waals surface area (Å²) < 4.78 is 31.8. The van der Waals surface area contributed by atoms with Gasteiger partial charge in [-0.2, -0.15) is 8.42 Å². The highest BCUT2D eigenvalue weighted by molar-refractivity contribution is 7.99. The van der Waals surface area contributed by atoms with E-state index >= 15 is 0 Å². The molecule has 0 bridgehead atoms. The van der Waals surface area contributed by atoms with Crippen LogP contribution in [0.15, 0.2) is 23.1 Å². The van der Waals surface area contributed by atoms with E-state index in [1.54, 1.807) is 6.07 Å². The van der Waals surface area contributed by atoms with E-state index in [1.807, 2.05) is 17.8 Å². The Bertz CT molecular complexity index is 596. The SMILES string of the molecule is CCCCCCCCCCC1SCc2ccc(S(=O)(=O)O)cc21. The van der Waals surface area contributed by atoms with Crippen molar-refractivity contribution in [2.45, 2.75) is 80.6 Å². The largest absolute Gasteiger partial charge is 0.294 e. The monoisotopic (exact) mass is 356 g/mol. The Morgan fingerprint density at radius 3 is 2.39 bits per heavy atom. The van der Waals surface area contributed by atoms with Gasteiger partial charge in [0.05, 0.1) is 4.90 Å². The molecular formula is C18H28O3S2. The first-order valence-electron chi connectivity index (χ1n) is 8.74. The predicted octanol–water partition coefficient (Wildman–Crippen LogP) is 5.75. The predicted molar refractivity (Wildman–Crippen MR) is 97.5 cm³/mol. The number of thioether (sulfide) groups is 1. The Labute approximate surface area is 145 Å². The van der Waals surface area contributed by atoms with Crippen LogP contribution in [0.4, 0.5) is 0 Å². The molecule has 130 valence electrons. The molecule has 23 heavy (non-hydrogen) atoms. The third kappa shape index (κ3) is 5.80. The number of hydrogen-bond acceptors (Lipinski definition) is 3. The summed E-state index contributed by atoms with van der Waals surface area (Å²) in [4.78, 5) is 0.0275. The molecule has 0 amide bonds. The van der Waals surface area contributed by atoms with Crippen LogP contribution in [-0.4, -0.2) is 13.0 Å². The quantitative estimate of drug-likeness (QED) is 0.428. The van der Waals surface area contributed by atoms with Gasteiger partial charge in [-0.15, -0.1) is 11.8 Å². The van der Waals surface area contributed by atoms with Crippen LogP contribution in [0.2, 0.25) is 0 Å². The number of rotatable bonds is 10. The van der Waals surface area contributed by atoms with Crippen LogP contribution < -0.4 is 0 Å². The molecule has 1 aromatic carbocycles. The summed E-state index contributed by atoms with van der Waals surface area (Å²) in [6, 6.07) is 5.02.